The van der Waals surface area contributed by atoms with Crippen molar-refractivity contribution in [2.45, 2.75) is 30.8 Å². The number of hydrogen-bond donors (Lipinski definition) is 1. The fourth-order valence-corrected chi connectivity index (χ4v) is 1.45. The van der Waals surface area contributed by atoms with Crippen molar-refractivity contribution in [3.8, 4) is 0 Å². The Bertz CT molecular complexity index is 201. The van der Waals surface area contributed by atoms with Gasteiger partial charge in [0.05, 0.1) is 18.2 Å². The molecule has 0 unspecified atom stereocenters. The Hall–Kier alpha value is -0.770. The number of hydrogen-bond acceptors (Lipinski definition) is 3. The van der Waals surface area contributed by atoms with E-state index in [2.05, 4.69) is 10.0 Å². The summed E-state index contributed by atoms with van der Waals surface area (Å²) < 4.78 is 5.02. The van der Waals surface area contributed by atoms with Crippen LogP contribution in [0.3, 0.4) is 0 Å². The van der Waals surface area contributed by atoms with Crippen LogP contribution in [0.1, 0.15) is 6.42 Å². The number of rotatable bonds is 1. The zero-order valence-electron chi connectivity index (χ0n) is 5.21. The van der Waals surface area contributed by atoms with Gasteiger partial charge in [0, 0.05) is 4.91 Å². The van der Waals surface area contributed by atoms with Crippen LogP contribution in [0.15, 0.2) is 5.11 Å². The zero-order chi connectivity index (χ0) is 7.14. The van der Waals surface area contributed by atoms with Crippen molar-refractivity contribution in [2.24, 2.45) is 5.11 Å². The van der Waals surface area contributed by atoms with Gasteiger partial charge in [0.15, 0.2) is 0 Å². The van der Waals surface area contributed by atoms with Crippen LogP contribution in [0.4, 0.5) is 0 Å². The second-order valence-corrected chi connectivity index (χ2v) is 2.64. The van der Waals surface area contributed by atoms with E-state index in [-0.39, 0.29) is 18.2 Å². The van der Waals surface area contributed by atoms with Crippen molar-refractivity contribution < 1.29 is 9.84 Å². The predicted molar refractivity (Wildman–Crippen MR) is 32.2 cm³/mol. The van der Waals surface area contributed by atoms with E-state index in [4.69, 9.17) is 15.4 Å². The van der Waals surface area contributed by atoms with Gasteiger partial charge in [-0.05, 0) is 12.0 Å². The Morgan fingerprint density at radius 2 is 2.40 bits per heavy atom. The second-order valence-electron chi connectivity index (χ2n) is 2.64. The largest absolute Gasteiger partial charge is 0.390 e. The molecule has 0 spiro atoms. The molecule has 0 aromatic heterocycles. The van der Waals surface area contributed by atoms with Gasteiger partial charge >= 0.3 is 0 Å². The SMILES string of the molecule is [N-]=[N+]=N[C@H]1C[C@@H](O)[C@@H]2O[C@@H]21. The minimum atomic E-state index is -0.416. The molecule has 2 aliphatic rings. The number of nitrogens with zero attached hydrogens (tertiary/aromatic N) is 3. The molecule has 1 heterocycles. The normalized spacial score (nSPS) is 49.7. The third kappa shape index (κ3) is 0.686. The summed E-state index contributed by atoms with van der Waals surface area (Å²) in [7, 11) is 0. The lowest BCUT2D eigenvalue weighted by molar-refractivity contribution is 0.113. The first-order valence-electron chi connectivity index (χ1n) is 3.20. The number of aliphatic hydroxyl groups excluding tert-OH is 1. The number of epoxide rings is 1. The molecule has 2 fully saturated rings. The van der Waals surface area contributed by atoms with Gasteiger partial charge < -0.3 is 9.84 Å². The van der Waals surface area contributed by atoms with Gasteiger partial charge in [-0.15, -0.1) is 0 Å². The molecule has 54 valence electrons. The van der Waals surface area contributed by atoms with E-state index >= 15 is 0 Å². The molecule has 1 aliphatic heterocycles. The van der Waals surface area contributed by atoms with Crippen molar-refractivity contribution in [2.75, 3.05) is 0 Å². The van der Waals surface area contributed by atoms with Crippen molar-refractivity contribution in [1.29, 1.82) is 0 Å². The minimum absolute atomic E-state index is 0.00546. The van der Waals surface area contributed by atoms with Crippen LogP contribution in [0.2, 0.25) is 0 Å². The zero-order valence-corrected chi connectivity index (χ0v) is 5.21. The number of fused-ring (bicyclic) bond motifs is 1. The number of ether oxygens (including phenoxy) is 1. The monoisotopic (exact) mass is 141 g/mol. The van der Waals surface area contributed by atoms with E-state index < -0.39 is 6.10 Å². The summed E-state index contributed by atoms with van der Waals surface area (Å²) in [5.41, 5.74) is 8.07. The molecule has 0 bridgehead atoms. The summed E-state index contributed by atoms with van der Waals surface area (Å²) in [5, 5.41) is 12.6. The fourth-order valence-electron chi connectivity index (χ4n) is 1.45. The molecule has 0 amide bonds. The lowest BCUT2D eigenvalue weighted by Gasteiger charge is -2.03. The summed E-state index contributed by atoms with van der Waals surface area (Å²) in [4.78, 5) is 2.66. The quantitative estimate of drug-likeness (QED) is 0.245. The van der Waals surface area contributed by atoms with Gasteiger partial charge in [-0.2, -0.15) is 0 Å². The molecular formula is C5H7N3O2. The fraction of sp³-hybridized carbons (Fsp3) is 1.00. The molecule has 1 saturated carbocycles. The second kappa shape index (κ2) is 1.85. The average Bonchev–Trinajstić information content (AvgIpc) is 2.59. The predicted octanol–water partition coefficient (Wildman–Crippen LogP) is 0.197. The maximum absolute atomic E-state index is 9.13. The van der Waals surface area contributed by atoms with E-state index in [0.29, 0.717) is 6.42 Å². The molecule has 0 radical (unpaired) electrons. The van der Waals surface area contributed by atoms with Gasteiger partial charge in [-0.3, -0.25) is 0 Å². The molecule has 0 aromatic rings. The lowest BCUT2D eigenvalue weighted by atomic mass is 10.2. The standard InChI is InChI=1S/C5H7N3O2/c6-8-7-2-1-3(9)5-4(2)10-5/h2-5,9H,1H2/t2-,3+,4+,5-/m0/s1. The Morgan fingerprint density at radius 1 is 1.60 bits per heavy atom. The van der Waals surface area contributed by atoms with Crippen molar-refractivity contribution in [1.82, 2.24) is 0 Å². The van der Waals surface area contributed by atoms with Gasteiger partial charge in [-0.25, -0.2) is 0 Å². The number of aliphatic hydroxyl groups is 1. The first-order valence-corrected chi connectivity index (χ1v) is 3.20. The highest BCUT2D eigenvalue weighted by molar-refractivity contribution is 5.07. The van der Waals surface area contributed by atoms with E-state index in [1.54, 1.807) is 0 Å². The minimum Gasteiger partial charge on any atom is -0.390 e. The lowest BCUT2D eigenvalue weighted by Crippen LogP contribution is -2.12. The van der Waals surface area contributed by atoms with Crippen LogP contribution in [0.5, 0.6) is 0 Å². The average molecular weight is 141 g/mol. The van der Waals surface area contributed by atoms with Crippen LogP contribution >= 0.6 is 0 Å². The van der Waals surface area contributed by atoms with Crippen LogP contribution in [0, 0.1) is 0 Å². The maximum Gasteiger partial charge on any atom is 0.110 e. The molecular weight excluding hydrogens is 134 g/mol. The van der Waals surface area contributed by atoms with Gasteiger partial charge in [0.25, 0.3) is 0 Å². The molecule has 0 aromatic carbocycles. The molecule has 2 rings (SSSR count). The van der Waals surface area contributed by atoms with Crippen LogP contribution in [0.25, 0.3) is 10.4 Å². The summed E-state index contributed by atoms with van der Waals surface area (Å²) in [6, 6.07) is -0.134. The molecule has 5 heteroatoms. The Labute approximate surface area is 57.2 Å². The first kappa shape index (κ1) is 5.97. The van der Waals surface area contributed by atoms with E-state index in [0.717, 1.165) is 0 Å². The van der Waals surface area contributed by atoms with E-state index in [1.807, 2.05) is 0 Å². The highest BCUT2D eigenvalue weighted by atomic mass is 16.6. The van der Waals surface area contributed by atoms with E-state index in [1.165, 1.54) is 0 Å². The van der Waals surface area contributed by atoms with Gasteiger partial charge in [0.1, 0.15) is 6.10 Å². The summed E-state index contributed by atoms with van der Waals surface area (Å²) in [5.74, 6) is 0. The molecule has 10 heavy (non-hydrogen) atoms. The molecule has 5 nitrogen and oxygen atoms in total. The van der Waals surface area contributed by atoms with E-state index in [9.17, 15) is 0 Å². The smallest absolute Gasteiger partial charge is 0.110 e. The Kier molecular flexibility index (Phi) is 1.11. The third-order valence-corrected chi connectivity index (χ3v) is 2.00. The van der Waals surface area contributed by atoms with Crippen molar-refractivity contribution in [3.05, 3.63) is 10.4 Å². The van der Waals surface area contributed by atoms with Gasteiger partial charge in [0.2, 0.25) is 0 Å². The van der Waals surface area contributed by atoms with Crippen molar-refractivity contribution >= 4 is 0 Å². The Balaban J connectivity index is 2.07. The maximum atomic E-state index is 9.13. The molecule has 1 saturated heterocycles. The topological polar surface area (TPSA) is 81.5 Å². The third-order valence-electron chi connectivity index (χ3n) is 2.00. The molecule has 4 atom stereocenters. The van der Waals surface area contributed by atoms with Crippen molar-refractivity contribution in [3.63, 3.8) is 0 Å². The number of azide groups is 1. The van der Waals surface area contributed by atoms with Crippen LogP contribution < -0.4 is 0 Å². The summed E-state index contributed by atoms with van der Waals surface area (Å²) >= 11 is 0. The Morgan fingerprint density at radius 3 is 2.80 bits per heavy atom. The first-order chi connectivity index (χ1) is 4.83. The highest BCUT2D eigenvalue weighted by Crippen LogP contribution is 2.40. The molecule has 1 aliphatic carbocycles. The van der Waals surface area contributed by atoms with Gasteiger partial charge in [-0.1, -0.05) is 5.11 Å². The summed E-state index contributed by atoms with van der Waals surface area (Å²) in [6.45, 7) is 0. The summed E-state index contributed by atoms with van der Waals surface area (Å²) in [6.07, 6.45) is 0.0984. The molecule has 1 N–H and O–H groups in total. The highest BCUT2D eigenvalue weighted by Gasteiger charge is 2.55. The van der Waals surface area contributed by atoms with Crippen LogP contribution in [-0.4, -0.2) is 29.5 Å². The van der Waals surface area contributed by atoms with Crippen LogP contribution in [-0.2, 0) is 4.74 Å².